The van der Waals surface area contributed by atoms with Crippen LogP contribution in [0.1, 0.15) is 12.8 Å². The molecule has 2 heterocycles. The van der Waals surface area contributed by atoms with Gasteiger partial charge in [-0.25, -0.2) is 9.19 Å². The molecule has 0 spiro atoms. The topological polar surface area (TPSA) is 98.3 Å². The molecule has 3 rings (SSSR count). The molecule has 1 N–H and O–H groups in total. The van der Waals surface area contributed by atoms with E-state index in [1.54, 1.807) is 0 Å². The van der Waals surface area contributed by atoms with Gasteiger partial charge in [0.15, 0.2) is 5.58 Å². The van der Waals surface area contributed by atoms with E-state index in [0.717, 1.165) is 25.9 Å². The van der Waals surface area contributed by atoms with Gasteiger partial charge in [-0.1, -0.05) is 0 Å². The summed E-state index contributed by atoms with van der Waals surface area (Å²) in [4.78, 5) is 14.4. The number of nitro groups is 1. The number of benzene rings is 1. The van der Waals surface area contributed by atoms with Crippen LogP contribution in [0.15, 0.2) is 27.8 Å². The zero-order chi connectivity index (χ0) is 14.1. The third-order valence-corrected chi connectivity index (χ3v) is 4.92. The predicted octanol–water partition coefficient (Wildman–Crippen LogP) is 1.60. The Morgan fingerprint density at radius 1 is 1.40 bits per heavy atom. The van der Waals surface area contributed by atoms with Gasteiger partial charge in [0, 0.05) is 17.4 Å². The summed E-state index contributed by atoms with van der Waals surface area (Å²) in [5.41, 5.74) is 0.745. The van der Waals surface area contributed by atoms with Gasteiger partial charge in [0.05, 0.1) is 4.92 Å². The monoisotopic (exact) mass is 295 g/mol. The number of rotatable bonds is 3. The fourth-order valence-electron chi connectivity index (χ4n) is 2.25. The smallest absolute Gasteiger partial charge is 0.288 e. The van der Waals surface area contributed by atoms with Gasteiger partial charge in [0.1, 0.15) is 16.3 Å². The Labute approximate surface area is 117 Å². The SMILES string of the molecule is O=[N+]([O-])c1ccc2oc(S(=O)C3CCNCC3)nc2c1. The van der Waals surface area contributed by atoms with Crippen LogP contribution in [0.3, 0.4) is 0 Å². The Morgan fingerprint density at radius 2 is 2.15 bits per heavy atom. The number of nitrogens with one attached hydrogen (secondary N) is 1. The van der Waals surface area contributed by atoms with Crippen LogP contribution in [-0.4, -0.2) is 32.5 Å². The first-order valence-corrected chi connectivity index (χ1v) is 7.53. The minimum Gasteiger partial charge on any atom is -0.430 e. The van der Waals surface area contributed by atoms with Crippen LogP contribution >= 0.6 is 0 Å². The second kappa shape index (κ2) is 5.29. The number of oxazole rings is 1. The third kappa shape index (κ3) is 2.44. The summed E-state index contributed by atoms with van der Waals surface area (Å²) in [5.74, 6) is 0. The van der Waals surface area contributed by atoms with Crippen LogP contribution < -0.4 is 5.32 Å². The third-order valence-electron chi connectivity index (χ3n) is 3.32. The summed E-state index contributed by atoms with van der Waals surface area (Å²) >= 11 is 0. The molecule has 0 amide bonds. The van der Waals surface area contributed by atoms with E-state index in [1.807, 2.05) is 0 Å². The lowest BCUT2D eigenvalue weighted by Crippen LogP contribution is -2.33. The van der Waals surface area contributed by atoms with Crippen molar-refractivity contribution in [1.82, 2.24) is 10.3 Å². The quantitative estimate of drug-likeness (QED) is 0.682. The first-order chi connectivity index (χ1) is 9.65. The van der Waals surface area contributed by atoms with Crippen LogP contribution in [0.5, 0.6) is 0 Å². The van der Waals surface area contributed by atoms with Crippen molar-refractivity contribution in [3.63, 3.8) is 0 Å². The first kappa shape index (κ1) is 13.2. The molecule has 1 aliphatic rings. The van der Waals surface area contributed by atoms with E-state index < -0.39 is 15.7 Å². The van der Waals surface area contributed by atoms with Crippen molar-refractivity contribution in [2.75, 3.05) is 13.1 Å². The molecule has 1 unspecified atom stereocenters. The highest BCUT2D eigenvalue weighted by atomic mass is 32.2. The lowest BCUT2D eigenvalue weighted by Gasteiger charge is -2.20. The Kier molecular flexibility index (Phi) is 3.49. The molecule has 2 aromatic rings. The van der Waals surface area contributed by atoms with Crippen LogP contribution in [0.4, 0.5) is 5.69 Å². The van der Waals surface area contributed by atoms with Gasteiger partial charge in [-0.2, -0.15) is 0 Å². The van der Waals surface area contributed by atoms with Crippen LogP contribution in [0.2, 0.25) is 0 Å². The van der Waals surface area contributed by atoms with E-state index in [2.05, 4.69) is 10.3 Å². The van der Waals surface area contributed by atoms with Gasteiger partial charge >= 0.3 is 0 Å². The number of hydrogen-bond acceptors (Lipinski definition) is 6. The highest BCUT2D eigenvalue weighted by Crippen LogP contribution is 2.25. The van der Waals surface area contributed by atoms with Crippen molar-refractivity contribution in [2.24, 2.45) is 0 Å². The molecule has 0 radical (unpaired) electrons. The average molecular weight is 295 g/mol. The molecular weight excluding hydrogens is 282 g/mol. The molecule has 106 valence electrons. The van der Waals surface area contributed by atoms with Crippen molar-refractivity contribution in [3.05, 3.63) is 28.3 Å². The van der Waals surface area contributed by atoms with Crippen molar-refractivity contribution in [3.8, 4) is 0 Å². The normalized spacial score (nSPS) is 18.2. The zero-order valence-corrected chi connectivity index (χ0v) is 11.4. The van der Waals surface area contributed by atoms with Crippen molar-refractivity contribution in [1.29, 1.82) is 0 Å². The summed E-state index contributed by atoms with van der Waals surface area (Å²) in [5, 5.41) is 14.1. The molecule has 8 heteroatoms. The Balaban J connectivity index is 1.92. The van der Waals surface area contributed by atoms with Gasteiger partial charge in [-0.15, -0.1) is 0 Å². The van der Waals surface area contributed by atoms with Gasteiger partial charge in [-0.3, -0.25) is 10.1 Å². The molecule has 1 aromatic heterocycles. The van der Waals surface area contributed by atoms with Crippen molar-refractivity contribution in [2.45, 2.75) is 23.3 Å². The van der Waals surface area contributed by atoms with Gasteiger partial charge in [0.2, 0.25) is 0 Å². The fraction of sp³-hybridized carbons (Fsp3) is 0.417. The Bertz CT molecular complexity index is 678. The maximum absolute atomic E-state index is 12.4. The fourth-order valence-corrected chi connectivity index (χ4v) is 3.56. The molecule has 1 aliphatic heterocycles. The molecule has 1 saturated heterocycles. The second-order valence-corrected chi connectivity index (χ2v) is 6.25. The van der Waals surface area contributed by atoms with E-state index in [9.17, 15) is 14.3 Å². The number of fused-ring (bicyclic) bond motifs is 1. The minimum atomic E-state index is -1.31. The maximum atomic E-state index is 12.4. The van der Waals surface area contributed by atoms with Crippen LogP contribution in [0, 0.1) is 10.1 Å². The number of piperidine rings is 1. The summed E-state index contributed by atoms with van der Waals surface area (Å²) < 4.78 is 17.8. The van der Waals surface area contributed by atoms with Crippen LogP contribution in [0.25, 0.3) is 11.1 Å². The van der Waals surface area contributed by atoms with E-state index in [1.165, 1.54) is 18.2 Å². The number of nitrogens with zero attached hydrogens (tertiary/aromatic N) is 2. The number of non-ortho nitro benzene ring substituents is 1. The Morgan fingerprint density at radius 3 is 2.85 bits per heavy atom. The van der Waals surface area contributed by atoms with E-state index in [4.69, 9.17) is 4.42 Å². The summed E-state index contributed by atoms with van der Waals surface area (Å²) in [6.45, 7) is 1.67. The average Bonchev–Trinajstić information content (AvgIpc) is 2.90. The van der Waals surface area contributed by atoms with E-state index in [-0.39, 0.29) is 16.2 Å². The molecule has 1 aromatic carbocycles. The number of nitro benzene ring substituents is 1. The first-order valence-electron chi connectivity index (χ1n) is 6.31. The molecule has 0 saturated carbocycles. The van der Waals surface area contributed by atoms with E-state index >= 15 is 0 Å². The highest BCUT2D eigenvalue weighted by molar-refractivity contribution is 7.85. The molecule has 1 atom stereocenters. The zero-order valence-electron chi connectivity index (χ0n) is 10.6. The standard InChI is InChI=1S/C12H13N3O4S/c16-15(17)8-1-2-11-10(7-8)14-12(19-11)20(18)9-3-5-13-6-4-9/h1-2,7,9,13H,3-6H2. The maximum Gasteiger partial charge on any atom is 0.288 e. The van der Waals surface area contributed by atoms with Crippen LogP contribution in [-0.2, 0) is 10.8 Å². The predicted molar refractivity (Wildman–Crippen MR) is 73.0 cm³/mol. The molecular formula is C12H13N3O4S. The molecule has 7 nitrogen and oxygen atoms in total. The molecule has 0 aliphatic carbocycles. The molecule has 1 fully saturated rings. The minimum absolute atomic E-state index is 0.0271. The number of hydrogen-bond donors (Lipinski definition) is 1. The molecule has 0 bridgehead atoms. The van der Waals surface area contributed by atoms with Gasteiger partial charge < -0.3 is 9.73 Å². The highest BCUT2D eigenvalue weighted by Gasteiger charge is 2.25. The summed E-state index contributed by atoms with van der Waals surface area (Å²) in [6.07, 6.45) is 1.62. The van der Waals surface area contributed by atoms with Gasteiger partial charge in [0.25, 0.3) is 10.9 Å². The van der Waals surface area contributed by atoms with Crippen molar-refractivity contribution >= 4 is 27.6 Å². The van der Waals surface area contributed by atoms with E-state index in [0.29, 0.717) is 11.1 Å². The van der Waals surface area contributed by atoms with Crippen molar-refractivity contribution < 1.29 is 13.5 Å². The largest absolute Gasteiger partial charge is 0.430 e. The lowest BCUT2D eigenvalue weighted by atomic mass is 10.2. The molecule has 20 heavy (non-hydrogen) atoms. The summed E-state index contributed by atoms with van der Waals surface area (Å²) in [6, 6.07) is 4.18. The summed E-state index contributed by atoms with van der Waals surface area (Å²) in [7, 11) is -1.31. The Hall–Kier alpha value is -1.80. The number of aromatic nitrogens is 1. The second-order valence-electron chi connectivity index (χ2n) is 4.64. The lowest BCUT2D eigenvalue weighted by molar-refractivity contribution is -0.384. The van der Waals surface area contributed by atoms with Gasteiger partial charge in [-0.05, 0) is 32.0 Å².